The van der Waals surface area contributed by atoms with Gasteiger partial charge in [0.25, 0.3) is 5.91 Å². The number of nitrogens with zero attached hydrogens (tertiary/aromatic N) is 2. The Bertz CT molecular complexity index is 1170. The summed E-state index contributed by atoms with van der Waals surface area (Å²) in [5.74, 6) is -0.916. The van der Waals surface area contributed by atoms with Crippen molar-refractivity contribution in [2.75, 3.05) is 26.2 Å². The van der Waals surface area contributed by atoms with Crippen LogP contribution in [0.1, 0.15) is 41.6 Å². The first-order valence-corrected chi connectivity index (χ1v) is 10.0. The van der Waals surface area contributed by atoms with E-state index in [2.05, 4.69) is 4.90 Å². The fourth-order valence-corrected chi connectivity index (χ4v) is 4.05. The van der Waals surface area contributed by atoms with E-state index in [-0.39, 0.29) is 33.9 Å². The summed E-state index contributed by atoms with van der Waals surface area (Å²) in [6.07, 6.45) is 0. The molecule has 0 spiro atoms. The van der Waals surface area contributed by atoms with Gasteiger partial charge >= 0.3 is 0 Å². The molecular formula is C23H23FN2O4. The zero-order chi connectivity index (χ0) is 21.4. The van der Waals surface area contributed by atoms with Crippen molar-refractivity contribution in [3.05, 3.63) is 75.4 Å². The van der Waals surface area contributed by atoms with Gasteiger partial charge in [0, 0.05) is 13.1 Å². The molecule has 6 nitrogen and oxygen atoms in total. The molecule has 1 aliphatic rings. The van der Waals surface area contributed by atoms with Crippen molar-refractivity contribution < 1.29 is 18.7 Å². The largest absolute Gasteiger partial charge is 0.508 e. The van der Waals surface area contributed by atoms with Gasteiger partial charge in [-0.2, -0.15) is 0 Å². The zero-order valence-electron chi connectivity index (χ0n) is 16.9. The van der Waals surface area contributed by atoms with Crippen LogP contribution >= 0.6 is 0 Å². The van der Waals surface area contributed by atoms with Crippen LogP contribution in [-0.4, -0.2) is 47.0 Å². The van der Waals surface area contributed by atoms with Gasteiger partial charge in [0.2, 0.25) is 5.76 Å². The van der Waals surface area contributed by atoms with Gasteiger partial charge in [0.1, 0.15) is 17.1 Å². The van der Waals surface area contributed by atoms with E-state index < -0.39 is 17.3 Å². The maximum absolute atomic E-state index is 13.8. The average molecular weight is 410 g/mol. The van der Waals surface area contributed by atoms with Crippen LogP contribution in [0.3, 0.4) is 0 Å². The van der Waals surface area contributed by atoms with E-state index >= 15 is 0 Å². The van der Waals surface area contributed by atoms with Gasteiger partial charge in [-0.3, -0.25) is 9.59 Å². The van der Waals surface area contributed by atoms with Crippen LogP contribution in [0.4, 0.5) is 4.39 Å². The molecule has 4 rings (SSSR count). The lowest BCUT2D eigenvalue weighted by Gasteiger charge is -2.28. The second-order valence-electron chi connectivity index (χ2n) is 7.34. The van der Waals surface area contributed by atoms with Crippen LogP contribution in [0.5, 0.6) is 5.75 Å². The standard InChI is InChI=1S/C23H23FN2O4/c1-3-25(4-2)10-11-26-20(14-6-5-7-16(27)12-14)19-21(28)17-13-15(24)8-9-18(17)30-22(19)23(26)29/h5-9,12-13,20,27H,3-4,10-11H2,1-2H3. The molecule has 1 aromatic heterocycles. The predicted octanol–water partition coefficient (Wildman–Crippen LogP) is 3.52. The molecule has 0 radical (unpaired) electrons. The molecule has 0 fully saturated rings. The highest BCUT2D eigenvalue weighted by atomic mass is 19.1. The summed E-state index contributed by atoms with van der Waals surface area (Å²) in [6.45, 7) is 6.77. The topological polar surface area (TPSA) is 74.0 Å². The summed E-state index contributed by atoms with van der Waals surface area (Å²) in [5, 5.41) is 10.1. The zero-order valence-corrected chi connectivity index (χ0v) is 16.9. The molecular weight excluding hydrogens is 387 g/mol. The van der Waals surface area contributed by atoms with Crippen LogP contribution in [-0.2, 0) is 0 Å². The molecule has 7 heteroatoms. The van der Waals surface area contributed by atoms with Crippen molar-refractivity contribution in [1.82, 2.24) is 9.80 Å². The number of hydrogen-bond donors (Lipinski definition) is 1. The molecule has 0 saturated carbocycles. The third kappa shape index (κ3) is 3.35. The number of fused-ring (bicyclic) bond motifs is 2. The number of carbonyl (C=O) groups is 1. The molecule has 0 bridgehead atoms. The lowest BCUT2D eigenvalue weighted by Crippen LogP contribution is -2.37. The van der Waals surface area contributed by atoms with Crippen LogP contribution in [0.2, 0.25) is 0 Å². The molecule has 2 aromatic carbocycles. The smallest absolute Gasteiger partial charge is 0.290 e. The fraction of sp³-hybridized carbons (Fsp3) is 0.304. The lowest BCUT2D eigenvalue weighted by molar-refractivity contribution is 0.0708. The van der Waals surface area contributed by atoms with Gasteiger partial charge in [-0.05, 0) is 49.0 Å². The van der Waals surface area contributed by atoms with Crippen LogP contribution in [0, 0.1) is 5.82 Å². The van der Waals surface area contributed by atoms with E-state index in [0.29, 0.717) is 18.7 Å². The third-order valence-electron chi connectivity index (χ3n) is 5.67. The Morgan fingerprint density at radius 3 is 2.60 bits per heavy atom. The number of rotatable bonds is 6. The summed E-state index contributed by atoms with van der Waals surface area (Å²) in [5.41, 5.74) is 0.527. The molecule has 1 atom stereocenters. The van der Waals surface area contributed by atoms with Gasteiger partial charge in [-0.1, -0.05) is 26.0 Å². The second kappa shape index (κ2) is 7.91. The Kier molecular flexibility index (Phi) is 5.30. The van der Waals surface area contributed by atoms with Gasteiger partial charge in [0.15, 0.2) is 5.43 Å². The van der Waals surface area contributed by atoms with E-state index in [4.69, 9.17) is 4.42 Å². The highest BCUT2D eigenvalue weighted by Gasteiger charge is 2.42. The van der Waals surface area contributed by atoms with Crippen molar-refractivity contribution >= 4 is 16.9 Å². The number of likely N-dealkylation sites (N-methyl/N-ethyl adjacent to an activating group) is 1. The van der Waals surface area contributed by atoms with Crippen molar-refractivity contribution in [3.8, 4) is 5.75 Å². The van der Waals surface area contributed by atoms with Gasteiger partial charge in [-0.25, -0.2) is 4.39 Å². The Morgan fingerprint density at radius 1 is 1.13 bits per heavy atom. The first-order valence-electron chi connectivity index (χ1n) is 10.0. The third-order valence-corrected chi connectivity index (χ3v) is 5.67. The van der Waals surface area contributed by atoms with E-state index in [1.54, 1.807) is 17.0 Å². The Morgan fingerprint density at radius 2 is 1.90 bits per heavy atom. The minimum Gasteiger partial charge on any atom is -0.508 e. The molecule has 156 valence electrons. The molecule has 3 aromatic rings. The molecule has 1 aliphatic heterocycles. The first kappa shape index (κ1) is 20.1. The summed E-state index contributed by atoms with van der Waals surface area (Å²) in [7, 11) is 0. The van der Waals surface area contributed by atoms with Crippen LogP contribution in [0.25, 0.3) is 11.0 Å². The van der Waals surface area contributed by atoms with E-state index in [9.17, 15) is 19.1 Å². The number of amides is 1. The van der Waals surface area contributed by atoms with Crippen molar-refractivity contribution in [2.24, 2.45) is 0 Å². The molecule has 1 unspecified atom stereocenters. The monoisotopic (exact) mass is 410 g/mol. The SMILES string of the molecule is CCN(CC)CCN1C(=O)c2oc3ccc(F)cc3c(=O)c2C1c1cccc(O)c1. The Balaban J connectivity index is 1.89. The quantitative estimate of drug-likeness (QED) is 0.673. The van der Waals surface area contributed by atoms with Crippen molar-refractivity contribution in [2.45, 2.75) is 19.9 Å². The van der Waals surface area contributed by atoms with Crippen molar-refractivity contribution in [1.29, 1.82) is 0 Å². The molecule has 1 N–H and O–H groups in total. The minimum absolute atomic E-state index is 0.0213. The normalized spacial score (nSPS) is 15.9. The maximum Gasteiger partial charge on any atom is 0.290 e. The summed E-state index contributed by atoms with van der Waals surface area (Å²) >= 11 is 0. The highest BCUT2D eigenvalue weighted by molar-refractivity contribution is 5.99. The number of carbonyl (C=O) groups excluding carboxylic acids is 1. The van der Waals surface area contributed by atoms with Crippen LogP contribution in [0.15, 0.2) is 51.7 Å². The first-order chi connectivity index (χ1) is 14.4. The maximum atomic E-state index is 13.8. The summed E-state index contributed by atoms with van der Waals surface area (Å²) in [6, 6.07) is 9.46. The number of phenolic OH excluding ortho intramolecular Hbond substituents is 1. The Labute approximate surface area is 173 Å². The van der Waals surface area contributed by atoms with Crippen molar-refractivity contribution in [3.63, 3.8) is 0 Å². The number of halogens is 1. The summed E-state index contributed by atoms with van der Waals surface area (Å²) in [4.78, 5) is 30.3. The molecule has 1 amide bonds. The van der Waals surface area contributed by atoms with E-state index in [1.165, 1.54) is 24.3 Å². The second-order valence-corrected chi connectivity index (χ2v) is 7.34. The Hall–Kier alpha value is -3.19. The minimum atomic E-state index is -0.709. The van der Waals surface area contributed by atoms with E-state index in [1.807, 2.05) is 13.8 Å². The summed E-state index contributed by atoms with van der Waals surface area (Å²) < 4.78 is 19.6. The van der Waals surface area contributed by atoms with Gasteiger partial charge in [0.05, 0.1) is 17.0 Å². The average Bonchev–Trinajstić information content (AvgIpc) is 3.02. The van der Waals surface area contributed by atoms with E-state index in [0.717, 1.165) is 19.2 Å². The number of phenols is 1. The molecule has 0 saturated heterocycles. The molecule has 0 aliphatic carbocycles. The lowest BCUT2D eigenvalue weighted by atomic mass is 9.98. The highest BCUT2D eigenvalue weighted by Crippen LogP contribution is 2.38. The molecule has 2 heterocycles. The fourth-order valence-electron chi connectivity index (χ4n) is 4.05. The molecule has 30 heavy (non-hydrogen) atoms. The number of benzene rings is 2. The van der Waals surface area contributed by atoms with Gasteiger partial charge in [-0.15, -0.1) is 0 Å². The number of hydrogen-bond acceptors (Lipinski definition) is 5. The van der Waals surface area contributed by atoms with Gasteiger partial charge < -0.3 is 19.3 Å². The number of aromatic hydroxyl groups is 1. The van der Waals surface area contributed by atoms with Crippen LogP contribution < -0.4 is 5.43 Å². The predicted molar refractivity (Wildman–Crippen MR) is 111 cm³/mol.